The molecule has 1 aliphatic heterocycles. The molecule has 0 saturated carbocycles. The molecular weight excluding hydrogens is 304 g/mol. The molecule has 2 atom stereocenters. The SMILES string of the molecule is CC1CC(NC(=O)CCc2ccc(Br)cc2)CCN1. The van der Waals surface area contributed by atoms with Gasteiger partial charge in [0.25, 0.3) is 0 Å². The number of piperidine rings is 1. The van der Waals surface area contributed by atoms with Crippen LogP contribution in [0.15, 0.2) is 28.7 Å². The number of rotatable bonds is 4. The maximum absolute atomic E-state index is 11.9. The zero-order chi connectivity index (χ0) is 13.7. The Morgan fingerprint density at radius 3 is 2.84 bits per heavy atom. The molecule has 1 amide bonds. The lowest BCUT2D eigenvalue weighted by Crippen LogP contribution is -2.46. The minimum Gasteiger partial charge on any atom is -0.353 e. The molecule has 0 radical (unpaired) electrons. The molecule has 1 aliphatic rings. The predicted octanol–water partition coefficient (Wildman–Crippen LogP) is 2.64. The highest BCUT2D eigenvalue weighted by Crippen LogP contribution is 2.12. The molecule has 1 fully saturated rings. The lowest BCUT2D eigenvalue weighted by Gasteiger charge is -2.28. The van der Waals surface area contributed by atoms with E-state index in [-0.39, 0.29) is 5.91 Å². The molecule has 0 spiro atoms. The minimum atomic E-state index is 0.169. The number of hydrogen-bond acceptors (Lipinski definition) is 2. The summed E-state index contributed by atoms with van der Waals surface area (Å²) in [6.07, 6.45) is 3.44. The summed E-state index contributed by atoms with van der Waals surface area (Å²) in [6, 6.07) is 9.00. The molecule has 19 heavy (non-hydrogen) atoms. The van der Waals surface area contributed by atoms with Crippen LogP contribution in [-0.4, -0.2) is 24.5 Å². The zero-order valence-corrected chi connectivity index (χ0v) is 12.9. The van der Waals surface area contributed by atoms with E-state index in [2.05, 4.69) is 45.6 Å². The number of hydrogen-bond donors (Lipinski definition) is 2. The Bertz CT molecular complexity index is 419. The fourth-order valence-corrected chi connectivity index (χ4v) is 2.74. The van der Waals surface area contributed by atoms with Crippen molar-refractivity contribution in [1.29, 1.82) is 0 Å². The quantitative estimate of drug-likeness (QED) is 0.894. The third-order valence-electron chi connectivity index (χ3n) is 3.54. The van der Waals surface area contributed by atoms with Gasteiger partial charge in [0.15, 0.2) is 0 Å². The Morgan fingerprint density at radius 2 is 2.16 bits per heavy atom. The third-order valence-corrected chi connectivity index (χ3v) is 4.07. The fourth-order valence-electron chi connectivity index (χ4n) is 2.47. The summed E-state index contributed by atoms with van der Waals surface area (Å²) in [5.41, 5.74) is 1.21. The van der Waals surface area contributed by atoms with E-state index in [1.807, 2.05) is 12.1 Å². The van der Waals surface area contributed by atoms with Crippen LogP contribution in [-0.2, 0) is 11.2 Å². The Balaban J connectivity index is 1.73. The van der Waals surface area contributed by atoms with Crippen molar-refractivity contribution in [2.24, 2.45) is 0 Å². The first-order valence-corrected chi connectivity index (χ1v) is 7.70. The molecule has 1 saturated heterocycles. The van der Waals surface area contributed by atoms with Crippen LogP contribution in [0.25, 0.3) is 0 Å². The molecule has 4 heteroatoms. The van der Waals surface area contributed by atoms with E-state index in [9.17, 15) is 4.79 Å². The number of carbonyl (C=O) groups excluding carboxylic acids is 1. The second-order valence-electron chi connectivity index (χ2n) is 5.27. The van der Waals surface area contributed by atoms with Crippen LogP contribution in [0.4, 0.5) is 0 Å². The van der Waals surface area contributed by atoms with E-state index >= 15 is 0 Å². The zero-order valence-electron chi connectivity index (χ0n) is 11.3. The van der Waals surface area contributed by atoms with Crippen molar-refractivity contribution in [2.75, 3.05) is 6.54 Å². The van der Waals surface area contributed by atoms with Crippen LogP contribution in [0.5, 0.6) is 0 Å². The second kappa shape index (κ2) is 7.06. The van der Waals surface area contributed by atoms with Crippen molar-refractivity contribution < 1.29 is 4.79 Å². The average Bonchev–Trinajstić information content (AvgIpc) is 2.38. The van der Waals surface area contributed by atoms with Gasteiger partial charge in [0, 0.05) is 23.0 Å². The van der Waals surface area contributed by atoms with Gasteiger partial charge in [-0.1, -0.05) is 28.1 Å². The largest absolute Gasteiger partial charge is 0.353 e. The van der Waals surface area contributed by atoms with Crippen LogP contribution < -0.4 is 10.6 Å². The van der Waals surface area contributed by atoms with Crippen LogP contribution in [0.3, 0.4) is 0 Å². The average molecular weight is 325 g/mol. The molecule has 0 aliphatic carbocycles. The minimum absolute atomic E-state index is 0.169. The maximum atomic E-state index is 11.9. The molecule has 2 rings (SSSR count). The summed E-state index contributed by atoms with van der Waals surface area (Å²) in [5, 5.41) is 6.54. The summed E-state index contributed by atoms with van der Waals surface area (Å²) >= 11 is 3.41. The summed E-state index contributed by atoms with van der Waals surface area (Å²) in [4.78, 5) is 11.9. The summed E-state index contributed by atoms with van der Waals surface area (Å²) in [6.45, 7) is 3.17. The molecule has 2 unspecified atom stereocenters. The Morgan fingerprint density at radius 1 is 1.42 bits per heavy atom. The topological polar surface area (TPSA) is 41.1 Å². The van der Waals surface area contributed by atoms with Crippen molar-refractivity contribution >= 4 is 21.8 Å². The molecule has 0 aromatic heterocycles. The molecule has 1 aromatic carbocycles. The first kappa shape index (κ1) is 14.5. The number of carbonyl (C=O) groups is 1. The van der Waals surface area contributed by atoms with Gasteiger partial charge in [-0.15, -0.1) is 0 Å². The number of aryl methyl sites for hydroxylation is 1. The van der Waals surface area contributed by atoms with Crippen molar-refractivity contribution in [3.8, 4) is 0 Å². The van der Waals surface area contributed by atoms with Crippen molar-refractivity contribution in [2.45, 2.75) is 44.7 Å². The van der Waals surface area contributed by atoms with Gasteiger partial charge in [0.05, 0.1) is 0 Å². The molecule has 2 N–H and O–H groups in total. The van der Waals surface area contributed by atoms with Gasteiger partial charge in [0.1, 0.15) is 0 Å². The lowest BCUT2D eigenvalue weighted by atomic mass is 10.0. The van der Waals surface area contributed by atoms with Gasteiger partial charge in [-0.2, -0.15) is 0 Å². The maximum Gasteiger partial charge on any atom is 0.220 e. The van der Waals surface area contributed by atoms with E-state index in [1.54, 1.807) is 0 Å². The first-order chi connectivity index (χ1) is 9.13. The lowest BCUT2D eigenvalue weighted by molar-refractivity contribution is -0.122. The third kappa shape index (κ3) is 4.96. The smallest absolute Gasteiger partial charge is 0.220 e. The first-order valence-electron chi connectivity index (χ1n) is 6.90. The van der Waals surface area contributed by atoms with E-state index in [1.165, 1.54) is 5.56 Å². The monoisotopic (exact) mass is 324 g/mol. The fraction of sp³-hybridized carbons (Fsp3) is 0.533. The van der Waals surface area contributed by atoms with Crippen molar-refractivity contribution in [3.63, 3.8) is 0 Å². The molecule has 1 heterocycles. The van der Waals surface area contributed by atoms with Gasteiger partial charge < -0.3 is 10.6 Å². The molecule has 0 bridgehead atoms. The van der Waals surface area contributed by atoms with Crippen LogP contribution in [0, 0.1) is 0 Å². The second-order valence-corrected chi connectivity index (χ2v) is 6.19. The Hall–Kier alpha value is -0.870. The molecule has 3 nitrogen and oxygen atoms in total. The normalized spacial score (nSPS) is 23.1. The number of benzene rings is 1. The number of nitrogens with one attached hydrogen (secondary N) is 2. The summed E-state index contributed by atoms with van der Waals surface area (Å²) in [7, 11) is 0. The van der Waals surface area contributed by atoms with Crippen LogP contribution in [0.2, 0.25) is 0 Å². The van der Waals surface area contributed by atoms with Gasteiger partial charge in [-0.25, -0.2) is 0 Å². The predicted molar refractivity (Wildman–Crippen MR) is 81.1 cm³/mol. The molecule has 104 valence electrons. The van der Waals surface area contributed by atoms with E-state index in [0.717, 1.165) is 30.3 Å². The molecular formula is C15H21BrN2O. The van der Waals surface area contributed by atoms with Crippen LogP contribution in [0.1, 0.15) is 31.7 Å². The highest BCUT2D eigenvalue weighted by molar-refractivity contribution is 9.10. The Labute approximate surface area is 123 Å². The van der Waals surface area contributed by atoms with E-state index in [0.29, 0.717) is 18.5 Å². The highest BCUT2D eigenvalue weighted by atomic mass is 79.9. The van der Waals surface area contributed by atoms with E-state index < -0.39 is 0 Å². The van der Waals surface area contributed by atoms with Crippen LogP contribution >= 0.6 is 15.9 Å². The number of halogens is 1. The standard InChI is InChI=1S/C15H21BrN2O/c1-11-10-14(8-9-17-11)18-15(19)7-4-12-2-5-13(16)6-3-12/h2-3,5-6,11,14,17H,4,7-10H2,1H3,(H,18,19). The number of amides is 1. The van der Waals surface area contributed by atoms with Gasteiger partial charge in [-0.3, -0.25) is 4.79 Å². The van der Waals surface area contributed by atoms with Gasteiger partial charge in [-0.05, 0) is 50.4 Å². The van der Waals surface area contributed by atoms with Crippen molar-refractivity contribution in [1.82, 2.24) is 10.6 Å². The summed E-state index contributed by atoms with van der Waals surface area (Å²) in [5.74, 6) is 0.169. The van der Waals surface area contributed by atoms with Crippen molar-refractivity contribution in [3.05, 3.63) is 34.3 Å². The van der Waals surface area contributed by atoms with Gasteiger partial charge in [0.2, 0.25) is 5.91 Å². The van der Waals surface area contributed by atoms with E-state index in [4.69, 9.17) is 0 Å². The summed E-state index contributed by atoms with van der Waals surface area (Å²) < 4.78 is 1.07. The van der Waals surface area contributed by atoms with Gasteiger partial charge >= 0.3 is 0 Å². The Kier molecular flexibility index (Phi) is 5.40. The highest BCUT2D eigenvalue weighted by Gasteiger charge is 2.19. The molecule has 1 aromatic rings.